The maximum absolute atomic E-state index is 13.8. The van der Waals surface area contributed by atoms with Gasteiger partial charge in [0.15, 0.2) is 5.78 Å². The van der Waals surface area contributed by atoms with Crippen molar-refractivity contribution in [2.75, 3.05) is 6.54 Å². The number of ketones is 1. The molecular weight excluding hydrogens is 474 g/mol. The lowest BCUT2D eigenvalue weighted by Crippen LogP contribution is -2.49. The number of hydrogen-bond donors (Lipinski definition) is 0. The van der Waals surface area contributed by atoms with Crippen molar-refractivity contribution in [1.82, 2.24) is 14.5 Å². The molecule has 0 N–H and O–H groups in total. The Morgan fingerprint density at radius 3 is 2.70 bits per heavy atom. The van der Waals surface area contributed by atoms with E-state index in [9.17, 15) is 18.4 Å². The second-order valence-electron chi connectivity index (χ2n) is 10.4. The van der Waals surface area contributed by atoms with E-state index in [0.717, 1.165) is 34.6 Å². The number of likely N-dealkylation sites (tertiary alicyclic amines) is 1. The summed E-state index contributed by atoms with van der Waals surface area (Å²) in [5.41, 5.74) is 4.67. The SMILES string of the molecule is Cc1c(CC(=O)c2cccc(C#N)c2)cnc2c1c([C@@H]1CCN(C(=O)[C@@H](C)C(C)(F)F)[C@@H](C)C1)cn2C. The minimum Gasteiger partial charge on any atom is -0.340 e. The van der Waals surface area contributed by atoms with Crippen LogP contribution in [-0.2, 0) is 18.3 Å². The molecule has 0 saturated carbocycles. The lowest BCUT2D eigenvalue weighted by Gasteiger charge is -2.39. The number of rotatable bonds is 6. The van der Waals surface area contributed by atoms with Crippen LogP contribution in [0.15, 0.2) is 36.7 Å². The maximum Gasteiger partial charge on any atom is 0.256 e. The fourth-order valence-corrected chi connectivity index (χ4v) is 5.35. The number of hydrogen-bond acceptors (Lipinski definition) is 4. The predicted molar refractivity (Wildman–Crippen MR) is 138 cm³/mol. The van der Waals surface area contributed by atoms with E-state index >= 15 is 0 Å². The van der Waals surface area contributed by atoms with Crippen molar-refractivity contribution in [2.45, 2.75) is 64.8 Å². The maximum atomic E-state index is 13.8. The molecule has 1 aliphatic heterocycles. The van der Waals surface area contributed by atoms with Crippen molar-refractivity contribution >= 4 is 22.7 Å². The van der Waals surface area contributed by atoms with Gasteiger partial charge in [0.1, 0.15) is 5.65 Å². The lowest BCUT2D eigenvalue weighted by molar-refractivity contribution is -0.150. The normalized spacial score (nSPS) is 19.0. The average Bonchev–Trinajstić information content (AvgIpc) is 3.21. The van der Waals surface area contributed by atoms with Crippen LogP contribution >= 0.6 is 0 Å². The number of nitrogens with zero attached hydrogens (tertiary/aromatic N) is 4. The Labute approximate surface area is 215 Å². The largest absolute Gasteiger partial charge is 0.340 e. The van der Waals surface area contributed by atoms with Crippen molar-refractivity contribution < 1.29 is 18.4 Å². The van der Waals surface area contributed by atoms with Crippen LogP contribution in [0.25, 0.3) is 11.0 Å². The fourth-order valence-electron chi connectivity index (χ4n) is 5.35. The predicted octanol–water partition coefficient (Wildman–Crippen LogP) is 5.56. The molecule has 0 bridgehead atoms. The zero-order chi connectivity index (χ0) is 27.1. The number of carbonyl (C=O) groups excluding carboxylic acids is 2. The molecule has 4 rings (SSSR count). The van der Waals surface area contributed by atoms with Crippen molar-refractivity contribution in [1.29, 1.82) is 5.26 Å². The van der Waals surface area contributed by atoms with Crippen molar-refractivity contribution in [2.24, 2.45) is 13.0 Å². The number of pyridine rings is 1. The van der Waals surface area contributed by atoms with Gasteiger partial charge in [-0.1, -0.05) is 12.1 Å². The number of piperidine rings is 1. The van der Waals surface area contributed by atoms with Gasteiger partial charge in [0, 0.05) is 56.3 Å². The Bertz CT molecular complexity index is 1400. The zero-order valence-corrected chi connectivity index (χ0v) is 21.9. The molecule has 1 amide bonds. The van der Waals surface area contributed by atoms with Crippen molar-refractivity contribution in [3.63, 3.8) is 0 Å². The van der Waals surface area contributed by atoms with E-state index in [1.165, 1.54) is 6.92 Å². The van der Waals surface area contributed by atoms with Gasteiger partial charge in [0.25, 0.3) is 5.92 Å². The molecular formula is C29H32F2N4O2. The van der Waals surface area contributed by atoms with Gasteiger partial charge < -0.3 is 9.47 Å². The highest BCUT2D eigenvalue weighted by atomic mass is 19.3. The minimum absolute atomic E-state index is 0.0823. The molecule has 1 aromatic carbocycles. The van der Waals surface area contributed by atoms with E-state index in [1.54, 1.807) is 35.4 Å². The molecule has 3 heterocycles. The highest BCUT2D eigenvalue weighted by Crippen LogP contribution is 2.39. The summed E-state index contributed by atoms with van der Waals surface area (Å²) >= 11 is 0. The summed E-state index contributed by atoms with van der Waals surface area (Å²) < 4.78 is 29.6. The third-order valence-electron chi connectivity index (χ3n) is 7.77. The van der Waals surface area contributed by atoms with Gasteiger partial charge in [-0.3, -0.25) is 9.59 Å². The second kappa shape index (κ2) is 10.0. The Morgan fingerprint density at radius 1 is 1.32 bits per heavy atom. The zero-order valence-electron chi connectivity index (χ0n) is 21.9. The van der Waals surface area contributed by atoms with Gasteiger partial charge in [0.05, 0.1) is 17.6 Å². The molecule has 2 aromatic heterocycles. The van der Waals surface area contributed by atoms with Crippen LogP contribution in [-0.4, -0.2) is 44.7 Å². The molecule has 0 unspecified atom stereocenters. The lowest BCUT2D eigenvalue weighted by atomic mass is 9.84. The van der Waals surface area contributed by atoms with Crippen LogP contribution in [0.4, 0.5) is 8.78 Å². The first kappa shape index (κ1) is 26.5. The van der Waals surface area contributed by atoms with E-state index in [2.05, 4.69) is 17.3 Å². The van der Waals surface area contributed by atoms with Crippen LogP contribution < -0.4 is 0 Å². The first-order valence-corrected chi connectivity index (χ1v) is 12.6. The highest BCUT2D eigenvalue weighted by Gasteiger charge is 2.41. The van der Waals surface area contributed by atoms with Crippen LogP contribution in [0.2, 0.25) is 0 Å². The number of aryl methyl sites for hydroxylation is 2. The van der Waals surface area contributed by atoms with E-state index in [0.29, 0.717) is 30.5 Å². The van der Waals surface area contributed by atoms with Gasteiger partial charge in [0.2, 0.25) is 5.91 Å². The van der Waals surface area contributed by atoms with E-state index in [-0.39, 0.29) is 24.2 Å². The quantitative estimate of drug-likeness (QED) is 0.410. The van der Waals surface area contributed by atoms with Crippen LogP contribution in [0, 0.1) is 24.2 Å². The monoisotopic (exact) mass is 506 g/mol. The number of nitriles is 1. The summed E-state index contributed by atoms with van der Waals surface area (Å²) in [6.45, 7) is 6.41. The average molecular weight is 507 g/mol. The number of aromatic nitrogens is 2. The fraction of sp³-hybridized carbons (Fsp3) is 0.448. The number of fused-ring (bicyclic) bond motifs is 1. The minimum atomic E-state index is -3.06. The summed E-state index contributed by atoms with van der Waals surface area (Å²) in [5, 5.41) is 10.2. The van der Waals surface area contributed by atoms with Gasteiger partial charge in [-0.05, 0) is 68.4 Å². The van der Waals surface area contributed by atoms with Crippen LogP contribution in [0.3, 0.4) is 0 Å². The number of benzene rings is 1. The van der Waals surface area contributed by atoms with Gasteiger partial charge in [-0.15, -0.1) is 0 Å². The Hall–Kier alpha value is -3.60. The summed E-state index contributed by atoms with van der Waals surface area (Å²) in [4.78, 5) is 32.0. The summed E-state index contributed by atoms with van der Waals surface area (Å²) in [6, 6.07) is 8.58. The molecule has 0 radical (unpaired) electrons. The van der Waals surface area contributed by atoms with Crippen molar-refractivity contribution in [3.8, 4) is 6.07 Å². The second-order valence-corrected chi connectivity index (χ2v) is 10.4. The Kier molecular flexibility index (Phi) is 7.18. The van der Waals surface area contributed by atoms with Gasteiger partial charge >= 0.3 is 0 Å². The molecule has 6 nitrogen and oxygen atoms in total. The molecule has 1 saturated heterocycles. The molecule has 3 aromatic rings. The molecule has 3 atom stereocenters. The van der Waals surface area contributed by atoms with Gasteiger partial charge in [-0.25, -0.2) is 13.8 Å². The van der Waals surface area contributed by atoms with E-state index in [1.807, 2.05) is 25.5 Å². The summed E-state index contributed by atoms with van der Waals surface area (Å²) in [7, 11) is 1.93. The topological polar surface area (TPSA) is 79.0 Å². The smallest absolute Gasteiger partial charge is 0.256 e. The molecule has 1 fully saturated rings. The molecule has 194 valence electrons. The van der Waals surface area contributed by atoms with Gasteiger partial charge in [-0.2, -0.15) is 5.26 Å². The first-order chi connectivity index (χ1) is 17.4. The standard InChI is InChI=1S/C29H32F2N4O2/c1-17-11-21(9-10-35(17)28(37)19(3)29(4,30)31)24-16-34(5)27-26(24)18(2)23(15-33-27)13-25(36)22-8-6-7-20(12-22)14-32/h6-8,12,15-17,19,21H,9-11,13H2,1-5H3/t17-,19+,21+/m0/s1. The first-order valence-electron chi connectivity index (χ1n) is 12.6. The van der Waals surface area contributed by atoms with E-state index < -0.39 is 17.7 Å². The number of Topliss-reactive ketones (excluding diaryl/α,β-unsaturated/α-hetero) is 1. The Morgan fingerprint density at radius 2 is 2.05 bits per heavy atom. The number of halogens is 2. The summed E-state index contributed by atoms with van der Waals surface area (Å²) in [5.74, 6) is -4.87. The third-order valence-corrected chi connectivity index (χ3v) is 7.77. The van der Waals surface area contributed by atoms with Crippen molar-refractivity contribution in [3.05, 3.63) is 64.5 Å². The number of alkyl halides is 2. The molecule has 0 spiro atoms. The summed E-state index contributed by atoms with van der Waals surface area (Å²) in [6.07, 6.45) is 5.30. The number of amides is 1. The van der Waals surface area contributed by atoms with Crippen LogP contribution in [0.1, 0.15) is 72.1 Å². The molecule has 0 aliphatic carbocycles. The number of carbonyl (C=O) groups is 2. The molecule has 37 heavy (non-hydrogen) atoms. The molecule has 1 aliphatic rings. The Balaban J connectivity index is 1.60. The van der Waals surface area contributed by atoms with Crippen LogP contribution in [0.5, 0.6) is 0 Å². The molecule has 8 heteroatoms. The van der Waals surface area contributed by atoms with E-state index in [4.69, 9.17) is 5.26 Å². The highest BCUT2D eigenvalue weighted by molar-refractivity contribution is 5.98. The third kappa shape index (κ3) is 5.13.